The Morgan fingerprint density at radius 1 is 1.07 bits per heavy atom. The lowest BCUT2D eigenvalue weighted by Crippen LogP contribution is -2.35. The summed E-state index contributed by atoms with van der Waals surface area (Å²) < 4.78 is 0. The molecule has 0 aromatic heterocycles. The molecule has 0 aliphatic carbocycles. The second-order valence-electron chi connectivity index (χ2n) is 4.02. The Kier molecular flexibility index (Phi) is 7.99. The fourth-order valence-electron chi connectivity index (χ4n) is 1.45. The Balaban J connectivity index is 4.04. The second-order valence-corrected chi connectivity index (χ2v) is 4.02. The molecule has 0 heterocycles. The summed E-state index contributed by atoms with van der Waals surface area (Å²) in [4.78, 5) is 22.7. The predicted octanol–water partition coefficient (Wildman–Crippen LogP) is 2.40. The van der Waals surface area contributed by atoms with Gasteiger partial charge in [-0.15, -0.1) is 0 Å². The standard InChI is InChI=1S/C10H21N3O2/c1-4-5-6-13(7-9(2)11-14)8-10(3)12-15/h9-10H,4-8H2,1-3H3. The Morgan fingerprint density at radius 2 is 1.53 bits per heavy atom. The zero-order valence-corrected chi connectivity index (χ0v) is 9.85. The van der Waals surface area contributed by atoms with E-state index in [-0.39, 0.29) is 12.1 Å². The number of unbranched alkanes of at least 4 members (excludes halogenated alkanes) is 1. The van der Waals surface area contributed by atoms with Crippen LogP contribution in [0.4, 0.5) is 0 Å². The van der Waals surface area contributed by atoms with Crippen LogP contribution in [0, 0.1) is 9.81 Å². The zero-order valence-electron chi connectivity index (χ0n) is 9.85. The van der Waals surface area contributed by atoms with Crippen LogP contribution in [0.15, 0.2) is 10.4 Å². The third kappa shape index (κ3) is 7.13. The van der Waals surface area contributed by atoms with E-state index in [0.29, 0.717) is 13.1 Å². The first-order chi connectivity index (χ1) is 7.13. The maximum Gasteiger partial charge on any atom is 0.102 e. The van der Waals surface area contributed by atoms with Gasteiger partial charge < -0.3 is 0 Å². The van der Waals surface area contributed by atoms with Gasteiger partial charge in [0.15, 0.2) is 0 Å². The van der Waals surface area contributed by atoms with Gasteiger partial charge in [-0.2, -0.15) is 9.81 Å². The molecular formula is C10H21N3O2. The van der Waals surface area contributed by atoms with Gasteiger partial charge in [-0.25, -0.2) is 0 Å². The smallest absolute Gasteiger partial charge is 0.102 e. The predicted molar refractivity (Wildman–Crippen MR) is 61.9 cm³/mol. The van der Waals surface area contributed by atoms with Gasteiger partial charge in [0.05, 0.1) is 0 Å². The van der Waals surface area contributed by atoms with Crippen molar-refractivity contribution in [1.82, 2.24) is 4.90 Å². The minimum atomic E-state index is -0.222. The normalized spacial score (nSPS) is 14.9. The summed E-state index contributed by atoms with van der Waals surface area (Å²) >= 11 is 0. The van der Waals surface area contributed by atoms with Crippen LogP contribution in [0.25, 0.3) is 0 Å². The average molecular weight is 215 g/mol. The topological polar surface area (TPSA) is 62.1 Å². The van der Waals surface area contributed by atoms with E-state index in [1.54, 1.807) is 13.8 Å². The van der Waals surface area contributed by atoms with Crippen LogP contribution in [-0.2, 0) is 0 Å². The lowest BCUT2D eigenvalue weighted by atomic mass is 10.2. The van der Waals surface area contributed by atoms with Crippen molar-refractivity contribution in [2.24, 2.45) is 10.4 Å². The van der Waals surface area contributed by atoms with Gasteiger partial charge in [0, 0.05) is 13.1 Å². The molecule has 0 amide bonds. The summed E-state index contributed by atoms with van der Waals surface area (Å²) in [5.74, 6) is 0. The Hall–Kier alpha value is -0.840. The molecule has 0 rings (SSSR count). The molecular weight excluding hydrogens is 194 g/mol. The highest BCUT2D eigenvalue weighted by Gasteiger charge is 2.13. The molecule has 5 heteroatoms. The molecule has 0 fully saturated rings. The van der Waals surface area contributed by atoms with Crippen LogP contribution in [-0.4, -0.2) is 36.6 Å². The van der Waals surface area contributed by atoms with Crippen molar-refractivity contribution in [2.75, 3.05) is 19.6 Å². The van der Waals surface area contributed by atoms with Crippen molar-refractivity contribution in [3.05, 3.63) is 9.81 Å². The van der Waals surface area contributed by atoms with Crippen molar-refractivity contribution >= 4 is 0 Å². The first kappa shape index (κ1) is 14.2. The SMILES string of the molecule is CCCCN(CC(C)N=O)CC(C)N=O. The molecule has 2 unspecified atom stereocenters. The molecule has 0 aliphatic heterocycles. The number of nitroso groups, excluding NO2 is 2. The molecule has 0 bridgehead atoms. The van der Waals surface area contributed by atoms with E-state index in [4.69, 9.17) is 0 Å². The van der Waals surface area contributed by atoms with E-state index in [2.05, 4.69) is 22.2 Å². The first-order valence-corrected chi connectivity index (χ1v) is 5.51. The summed E-state index contributed by atoms with van der Waals surface area (Å²) in [5.41, 5.74) is 0. The van der Waals surface area contributed by atoms with Crippen molar-refractivity contribution in [2.45, 2.75) is 45.7 Å². The molecule has 2 atom stereocenters. The summed E-state index contributed by atoms with van der Waals surface area (Å²) in [7, 11) is 0. The Labute approximate surface area is 91.2 Å². The van der Waals surface area contributed by atoms with Crippen molar-refractivity contribution in [3.8, 4) is 0 Å². The van der Waals surface area contributed by atoms with Crippen LogP contribution in [0.5, 0.6) is 0 Å². The van der Waals surface area contributed by atoms with Gasteiger partial charge in [-0.3, -0.25) is 4.90 Å². The molecule has 0 aliphatic rings. The first-order valence-electron chi connectivity index (χ1n) is 5.51. The van der Waals surface area contributed by atoms with Crippen LogP contribution in [0.3, 0.4) is 0 Å². The monoisotopic (exact) mass is 215 g/mol. The molecule has 0 N–H and O–H groups in total. The van der Waals surface area contributed by atoms with Crippen molar-refractivity contribution < 1.29 is 0 Å². The molecule has 0 spiro atoms. The Morgan fingerprint density at radius 3 is 1.87 bits per heavy atom. The highest BCUT2D eigenvalue weighted by atomic mass is 16.3. The summed E-state index contributed by atoms with van der Waals surface area (Å²) in [6.45, 7) is 7.81. The van der Waals surface area contributed by atoms with E-state index >= 15 is 0 Å². The van der Waals surface area contributed by atoms with Crippen LogP contribution < -0.4 is 0 Å². The molecule has 0 aromatic rings. The third-order valence-electron chi connectivity index (χ3n) is 2.23. The highest BCUT2D eigenvalue weighted by Crippen LogP contribution is 2.02. The fourth-order valence-corrected chi connectivity index (χ4v) is 1.45. The van der Waals surface area contributed by atoms with Crippen molar-refractivity contribution in [3.63, 3.8) is 0 Å². The zero-order chi connectivity index (χ0) is 11.7. The average Bonchev–Trinajstić information content (AvgIpc) is 2.25. The molecule has 15 heavy (non-hydrogen) atoms. The van der Waals surface area contributed by atoms with Gasteiger partial charge in [-0.1, -0.05) is 23.7 Å². The second kappa shape index (κ2) is 8.47. The minimum Gasteiger partial charge on any atom is -0.299 e. The van der Waals surface area contributed by atoms with Crippen LogP contribution >= 0.6 is 0 Å². The maximum absolute atomic E-state index is 10.3. The largest absolute Gasteiger partial charge is 0.299 e. The van der Waals surface area contributed by atoms with E-state index in [0.717, 1.165) is 19.4 Å². The van der Waals surface area contributed by atoms with Crippen LogP contribution in [0.2, 0.25) is 0 Å². The van der Waals surface area contributed by atoms with E-state index < -0.39 is 0 Å². The van der Waals surface area contributed by atoms with Crippen LogP contribution in [0.1, 0.15) is 33.6 Å². The van der Waals surface area contributed by atoms with Gasteiger partial charge in [0.1, 0.15) is 12.1 Å². The molecule has 0 saturated carbocycles. The summed E-state index contributed by atoms with van der Waals surface area (Å²) in [6, 6.07) is -0.443. The minimum absolute atomic E-state index is 0.222. The molecule has 88 valence electrons. The fraction of sp³-hybridized carbons (Fsp3) is 1.00. The highest BCUT2D eigenvalue weighted by molar-refractivity contribution is 4.71. The van der Waals surface area contributed by atoms with Gasteiger partial charge >= 0.3 is 0 Å². The maximum atomic E-state index is 10.3. The molecule has 0 aromatic carbocycles. The van der Waals surface area contributed by atoms with Crippen molar-refractivity contribution in [1.29, 1.82) is 0 Å². The Bertz CT molecular complexity index is 172. The van der Waals surface area contributed by atoms with Gasteiger partial charge in [-0.05, 0) is 26.8 Å². The summed E-state index contributed by atoms with van der Waals surface area (Å²) in [6.07, 6.45) is 2.17. The number of rotatable bonds is 9. The lowest BCUT2D eigenvalue weighted by molar-refractivity contribution is 0.246. The number of hydrogen-bond acceptors (Lipinski definition) is 5. The molecule has 5 nitrogen and oxygen atoms in total. The number of nitrogens with zero attached hydrogens (tertiary/aromatic N) is 3. The van der Waals surface area contributed by atoms with E-state index in [1.165, 1.54) is 0 Å². The van der Waals surface area contributed by atoms with E-state index in [9.17, 15) is 9.81 Å². The lowest BCUT2D eigenvalue weighted by Gasteiger charge is -2.23. The third-order valence-corrected chi connectivity index (χ3v) is 2.23. The van der Waals surface area contributed by atoms with Gasteiger partial charge in [0.25, 0.3) is 0 Å². The quantitative estimate of drug-likeness (QED) is 0.555. The molecule has 0 radical (unpaired) electrons. The molecule has 0 saturated heterocycles. The summed E-state index contributed by atoms with van der Waals surface area (Å²) in [5, 5.41) is 5.94. The van der Waals surface area contributed by atoms with Gasteiger partial charge in [0.2, 0.25) is 0 Å². The number of hydrogen-bond donors (Lipinski definition) is 0. The van der Waals surface area contributed by atoms with E-state index in [1.807, 2.05) is 0 Å².